The summed E-state index contributed by atoms with van der Waals surface area (Å²) in [5.41, 5.74) is 1.40. The van der Waals surface area contributed by atoms with Crippen LogP contribution in [0.5, 0.6) is 0 Å². The molecule has 0 amide bonds. The first-order chi connectivity index (χ1) is 9.19. The predicted octanol–water partition coefficient (Wildman–Crippen LogP) is 3.44. The molecule has 1 spiro atoms. The van der Waals surface area contributed by atoms with Crippen molar-refractivity contribution < 1.29 is 9.13 Å². The zero-order valence-corrected chi connectivity index (χ0v) is 11.5. The molecule has 1 heterocycles. The molecule has 2 fully saturated rings. The van der Waals surface area contributed by atoms with Gasteiger partial charge in [-0.15, -0.1) is 0 Å². The first kappa shape index (κ1) is 13.1. The molecule has 104 valence electrons. The van der Waals surface area contributed by atoms with Gasteiger partial charge in [0.25, 0.3) is 0 Å². The third-order valence-corrected chi connectivity index (χ3v) is 4.68. The van der Waals surface area contributed by atoms with Crippen LogP contribution in [0.2, 0.25) is 0 Å². The summed E-state index contributed by atoms with van der Waals surface area (Å²) in [6.45, 7) is 4.03. The van der Waals surface area contributed by atoms with E-state index in [9.17, 15) is 4.39 Å². The fourth-order valence-corrected chi connectivity index (χ4v) is 3.43. The second kappa shape index (κ2) is 5.22. The van der Waals surface area contributed by atoms with Crippen LogP contribution in [0.4, 0.5) is 4.39 Å². The minimum absolute atomic E-state index is 0.0283. The molecule has 1 aliphatic carbocycles. The van der Waals surface area contributed by atoms with E-state index in [4.69, 9.17) is 4.74 Å². The highest BCUT2D eigenvalue weighted by Crippen LogP contribution is 2.41. The predicted molar refractivity (Wildman–Crippen MR) is 73.5 cm³/mol. The van der Waals surface area contributed by atoms with Crippen molar-refractivity contribution in [1.82, 2.24) is 5.32 Å². The van der Waals surface area contributed by atoms with Gasteiger partial charge in [0.2, 0.25) is 0 Å². The van der Waals surface area contributed by atoms with Crippen molar-refractivity contribution in [2.45, 2.75) is 44.8 Å². The average Bonchev–Trinajstić information content (AvgIpc) is 2.81. The quantitative estimate of drug-likeness (QED) is 0.838. The second-order valence-electron chi connectivity index (χ2n) is 6.16. The minimum Gasteiger partial charge on any atom is -0.371 e. The van der Waals surface area contributed by atoms with Crippen molar-refractivity contribution in [2.75, 3.05) is 13.2 Å². The molecule has 1 aromatic carbocycles. The van der Waals surface area contributed by atoms with Crippen molar-refractivity contribution in [1.29, 1.82) is 0 Å². The van der Waals surface area contributed by atoms with Gasteiger partial charge in [0.05, 0.1) is 12.7 Å². The van der Waals surface area contributed by atoms with Crippen LogP contribution in [0, 0.1) is 11.2 Å². The zero-order valence-electron chi connectivity index (χ0n) is 11.5. The van der Waals surface area contributed by atoms with Gasteiger partial charge < -0.3 is 10.1 Å². The van der Waals surface area contributed by atoms with Crippen molar-refractivity contribution in [3.63, 3.8) is 0 Å². The monoisotopic (exact) mass is 263 g/mol. The normalized spacial score (nSPS) is 30.4. The Bertz CT molecular complexity index is 425. The number of rotatable bonds is 1. The van der Waals surface area contributed by atoms with Gasteiger partial charge >= 0.3 is 0 Å². The molecule has 2 aliphatic rings. The molecule has 1 saturated heterocycles. The smallest absolute Gasteiger partial charge is 0.123 e. The fourth-order valence-electron chi connectivity index (χ4n) is 3.43. The number of hydrogen-bond donors (Lipinski definition) is 1. The van der Waals surface area contributed by atoms with Gasteiger partial charge in [-0.25, -0.2) is 4.39 Å². The molecule has 0 aromatic heterocycles. The molecule has 2 atom stereocenters. The Hall–Kier alpha value is -0.930. The zero-order chi connectivity index (χ0) is 13.3. The first-order valence-electron chi connectivity index (χ1n) is 7.29. The van der Waals surface area contributed by atoms with Crippen molar-refractivity contribution in [3.8, 4) is 0 Å². The summed E-state index contributed by atoms with van der Waals surface area (Å²) >= 11 is 0. The summed E-state index contributed by atoms with van der Waals surface area (Å²) in [4.78, 5) is 0. The number of hydrogen-bond acceptors (Lipinski definition) is 2. The molecular weight excluding hydrogens is 241 g/mol. The molecule has 2 unspecified atom stereocenters. The van der Waals surface area contributed by atoms with Crippen molar-refractivity contribution >= 4 is 0 Å². The number of halogens is 1. The van der Waals surface area contributed by atoms with Gasteiger partial charge in [-0.1, -0.05) is 25.0 Å². The molecule has 3 rings (SSSR count). The largest absolute Gasteiger partial charge is 0.371 e. The fraction of sp³-hybridized carbons (Fsp3) is 0.625. The van der Waals surface area contributed by atoms with Gasteiger partial charge in [-0.2, -0.15) is 0 Å². The van der Waals surface area contributed by atoms with Crippen LogP contribution in [0.25, 0.3) is 0 Å². The molecule has 3 heteroatoms. The molecule has 1 N–H and O–H groups in total. The maximum atomic E-state index is 13.0. The van der Waals surface area contributed by atoms with Gasteiger partial charge in [0.15, 0.2) is 0 Å². The van der Waals surface area contributed by atoms with E-state index < -0.39 is 0 Å². The third-order valence-electron chi connectivity index (χ3n) is 4.68. The Labute approximate surface area is 114 Å². The molecular formula is C16H22FNO. The summed E-state index contributed by atoms with van der Waals surface area (Å²) in [6.07, 6.45) is 5.20. The van der Waals surface area contributed by atoms with Gasteiger partial charge in [-0.05, 0) is 37.5 Å². The molecule has 1 aliphatic heterocycles. The lowest BCUT2D eigenvalue weighted by atomic mass is 9.87. The lowest BCUT2D eigenvalue weighted by molar-refractivity contribution is 0.00409. The summed E-state index contributed by atoms with van der Waals surface area (Å²) in [5, 5.41) is 3.62. The van der Waals surface area contributed by atoms with Crippen LogP contribution in [0.3, 0.4) is 0 Å². The summed E-state index contributed by atoms with van der Waals surface area (Å²) < 4.78 is 19.2. The number of ether oxygens (including phenoxy) is 1. The van der Waals surface area contributed by atoms with Crippen LogP contribution in [-0.2, 0) is 4.74 Å². The van der Waals surface area contributed by atoms with Gasteiger partial charge in [0, 0.05) is 18.0 Å². The third kappa shape index (κ3) is 2.67. The molecule has 0 bridgehead atoms. The van der Waals surface area contributed by atoms with E-state index in [1.165, 1.54) is 37.8 Å². The summed E-state index contributed by atoms with van der Waals surface area (Å²) in [5.74, 6) is -0.190. The number of benzene rings is 1. The van der Waals surface area contributed by atoms with E-state index in [1.807, 2.05) is 12.1 Å². The highest BCUT2D eigenvalue weighted by Gasteiger charge is 2.38. The topological polar surface area (TPSA) is 21.3 Å². The van der Waals surface area contributed by atoms with Crippen molar-refractivity contribution in [3.05, 3.63) is 35.6 Å². The Morgan fingerprint density at radius 2 is 1.89 bits per heavy atom. The van der Waals surface area contributed by atoms with E-state index in [2.05, 4.69) is 12.2 Å². The molecule has 19 heavy (non-hydrogen) atoms. The van der Waals surface area contributed by atoms with Crippen LogP contribution >= 0.6 is 0 Å². The van der Waals surface area contributed by atoms with E-state index >= 15 is 0 Å². The average molecular weight is 263 g/mol. The first-order valence-corrected chi connectivity index (χ1v) is 7.29. The van der Waals surface area contributed by atoms with Crippen LogP contribution < -0.4 is 5.32 Å². The lowest BCUT2D eigenvalue weighted by Gasteiger charge is -2.26. The Morgan fingerprint density at radius 1 is 1.21 bits per heavy atom. The highest BCUT2D eigenvalue weighted by atomic mass is 19.1. The Kier molecular flexibility index (Phi) is 3.59. The molecule has 1 aromatic rings. The van der Waals surface area contributed by atoms with Crippen LogP contribution in [0.1, 0.15) is 44.3 Å². The molecule has 0 radical (unpaired) electrons. The Morgan fingerprint density at radius 3 is 2.58 bits per heavy atom. The van der Waals surface area contributed by atoms with E-state index in [0.29, 0.717) is 5.41 Å². The van der Waals surface area contributed by atoms with E-state index in [-0.39, 0.29) is 18.0 Å². The van der Waals surface area contributed by atoms with Crippen molar-refractivity contribution in [2.24, 2.45) is 5.41 Å². The van der Waals surface area contributed by atoms with Crippen LogP contribution in [0.15, 0.2) is 24.3 Å². The van der Waals surface area contributed by atoms with E-state index in [1.54, 1.807) is 0 Å². The number of nitrogens with one attached hydrogen (secondary N) is 1. The lowest BCUT2D eigenvalue weighted by Crippen LogP contribution is -2.36. The maximum absolute atomic E-state index is 13.0. The standard InChI is InChI=1S/C16H22FNO/c1-12-15(13-4-6-14(17)7-5-13)19-11-16(10-18-12)8-2-3-9-16/h4-7,12,15,18H,2-3,8-11H2,1H3. The molecule has 1 saturated carbocycles. The van der Waals surface area contributed by atoms with Gasteiger partial charge in [-0.3, -0.25) is 0 Å². The maximum Gasteiger partial charge on any atom is 0.123 e. The second-order valence-corrected chi connectivity index (χ2v) is 6.16. The highest BCUT2D eigenvalue weighted by molar-refractivity contribution is 5.20. The minimum atomic E-state index is -0.190. The van der Waals surface area contributed by atoms with Crippen LogP contribution in [-0.4, -0.2) is 19.2 Å². The summed E-state index contributed by atoms with van der Waals surface area (Å²) in [6, 6.07) is 6.98. The Balaban J connectivity index is 1.77. The van der Waals surface area contributed by atoms with Gasteiger partial charge in [0.1, 0.15) is 5.82 Å². The SMILES string of the molecule is CC1NCC2(CCCC2)COC1c1ccc(F)cc1. The van der Waals surface area contributed by atoms with E-state index in [0.717, 1.165) is 18.7 Å². The molecule has 2 nitrogen and oxygen atoms in total. The summed E-state index contributed by atoms with van der Waals surface area (Å²) in [7, 11) is 0.